The summed E-state index contributed by atoms with van der Waals surface area (Å²) in [4.78, 5) is 0. The highest BCUT2D eigenvalue weighted by Gasteiger charge is 2.07. The Morgan fingerprint density at radius 2 is 2.00 bits per heavy atom. The number of hydrogen-bond donors (Lipinski definition) is 1. The Kier molecular flexibility index (Phi) is 5.69. The van der Waals surface area contributed by atoms with Crippen LogP contribution in [-0.2, 0) is 6.54 Å². The fraction of sp³-hybridized carbons (Fsp3) is 0.250. The van der Waals surface area contributed by atoms with Crippen molar-refractivity contribution >= 4 is 34.2 Å². The molecule has 0 spiro atoms. The van der Waals surface area contributed by atoms with Crippen LogP contribution in [0.1, 0.15) is 19.4 Å². The zero-order chi connectivity index (χ0) is 14.5. The van der Waals surface area contributed by atoms with Crippen molar-refractivity contribution < 1.29 is 4.74 Å². The van der Waals surface area contributed by atoms with Gasteiger partial charge in [0.1, 0.15) is 11.5 Å². The predicted molar refractivity (Wildman–Crippen MR) is 92.7 cm³/mol. The molecule has 2 aromatic carbocycles. The van der Waals surface area contributed by atoms with Gasteiger partial charge in [0.05, 0.1) is 0 Å². The average Bonchev–Trinajstić information content (AvgIpc) is 2.39. The Morgan fingerprint density at radius 3 is 2.70 bits per heavy atom. The minimum atomic E-state index is 0.416. The van der Waals surface area contributed by atoms with Crippen LogP contribution in [0.15, 0.2) is 42.5 Å². The molecule has 2 aromatic rings. The van der Waals surface area contributed by atoms with E-state index < -0.39 is 0 Å². The molecule has 0 aliphatic heterocycles. The number of halogens is 2. The van der Waals surface area contributed by atoms with Gasteiger partial charge >= 0.3 is 0 Å². The fourth-order valence-corrected chi connectivity index (χ4v) is 2.47. The molecule has 0 bridgehead atoms. The van der Waals surface area contributed by atoms with Gasteiger partial charge < -0.3 is 10.1 Å². The predicted octanol–water partition coefficient (Wildman–Crippen LogP) is 5.23. The maximum absolute atomic E-state index is 6.08. The zero-order valence-corrected chi connectivity index (χ0v) is 14.4. The van der Waals surface area contributed by atoms with Gasteiger partial charge in [-0.3, -0.25) is 0 Å². The molecule has 0 amide bonds. The molecule has 0 fully saturated rings. The molecule has 0 aliphatic carbocycles. The van der Waals surface area contributed by atoms with Crippen LogP contribution < -0.4 is 10.1 Å². The highest BCUT2D eigenvalue weighted by Crippen LogP contribution is 2.28. The maximum atomic E-state index is 6.08. The molecular formula is C16H17ClINO. The molecule has 0 heterocycles. The normalized spacial score (nSPS) is 10.8. The fourth-order valence-electron chi connectivity index (χ4n) is 1.76. The van der Waals surface area contributed by atoms with E-state index in [4.69, 9.17) is 16.3 Å². The van der Waals surface area contributed by atoms with E-state index >= 15 is 0 Å². The van der Waals surface area contributed by atoms with Crippen LogP contribution in [0.25, 0.3) is 0 Å². The smallest absolute Gasteiger partial charge is 0.132 e. The van der Waals surface area contributed by atoms with Crippen molar-refractivity contribution in [1.29, 1.82) is 0 Å². The molecule has 1 N–H and O–H groups in total. The van der Waals surface area contributed by atoms with E-state index in [1.807, 2.05) is 42.5 Å². The lowest BCUT2D eigenvalue weighted by Crippen LogP contribution is -2.22. The van der Waals surface area contributed by atoms with Gasteiger partial charge in [0.2, 0.25) is 0 Å². The Bertz CT molecular complexity index is 586. The van der Waals surface area contributed by atoms with Crippen LogP contribution in [0.2, 0.25) is 5.02 Å². The highest BCUT2D eigenvalue weighted by atomic mass is 127. The molecule has 2 rings (SSSR count). The van der Waals surface area contributed by atoms with Crippen molar-refractivity contribution in [2.24, 2.45) is 0 Å². The first-order valence-corrected chi connectivity index (χ1v) is 7.95. The van der Waals surface area contributed by atoms with Crippen LogP contribution in [0.3, 0.4) is 0 Å². The maximum Gasteiger partial charge on any atom is 0.132 e. The minimum absolute atomic E-state index is 0.416. The average molecular weight is 402 g/mol. The molecule has 0 aliphatic rings. The summed E-state index contributed by atoms with van der Waals surface area (Å²) >= 11 is 8.35. The third kappa shape index (κ3) is 4.65. The largest absolute Gasteiger partial charge is 0.457 e. The van der Waals surface area contributed by atoms with Crippen LogP contribution >= 0.6 is 34.2 Å². The van der Waals surface area contributed by atoms with Crippen molar-refractivity contribution in [1.82, 2.24) is 5.32 Å². The standard InChI is InChI=1S/C16H17ClINO/c1-11(2)19-10-12-8-13(17)6-7-16(12)20-15-5-3-4-14(18)9-15/h3-9,11,19H,10H2,1-2H3. The minimum Gasteiger partial charge on any atom is -0.457 e. The van der Waals surface area contributed by atoms with E-state index in [0.717, 1.165) is 32.2 Å². The van der Waals surface area contributed by atoms with Crippen molar-refractivity contribution in [3.8, 4) is 11.5 Å². The Morgan fingerprint density at radius 1 is 1.20 bits per heavy atom. The monoisotopic (exact) mass is 401 g/mol. The SMILES string of the molecule is CC(C)NCc1cc(Cl)ccc1Oc1cccc(I)c1. The summed E-state index contributed by atoms with van der Waals surface area (Å²) in [5.74, 6) is 1.68. The van der Waals surface area contributed by atoms with Gasteiger partial charge in [-0.05, 0) is 59.0 Å². The summed E-state index contributed by atoms with van der Waals surface area (Å²) < 4.78 is 7.12. The number of hydrogen-bond acceptors (Lipinski definition) is 2. The van der Waals surface area contributed by atoms with Crippen molar-refractivity contribution in [2.45, 2.75) is 26.4 Å². The topological polar surface area (TPSA) is 21.3 Å². The van der Waals surface area contributed by atoms with Crippen molar-refractivity contribution in [2.75, 3.05) is 0 Å². The number of ether oxygens (including phenoxy) is 1. The summed E-state index contributed by atoms with van der Waals surface area (Å²) in [6.45, 7) is 4.97. The Hall–Kier alpha value is -0.780. The molecule has 20 heavy (non-hydrogen) atoms. The number of nitrogens with one attached hydrogen (secondary N) is 1. The van der Waals surface area contributed by atoms with E-state index in [0.29, 0.717) is 6.04 Å². The molecule has 0 unspecified atom stereocenters. The lowest BCUT2D eigenvalue weighted by Gasteiger charge is -2.14. The first-order chi connectivity index (χ1) is 9.54. The molecule has 0 saturated heterocycles. The van der Waals surface area contributed by atoms with Gasteiger partial charge in [0.25, 0.3) is 0 Å². The van der Waals surface area contributed by atoms with Crippen LogP contribution in [0, 0.1) is 3.57 Å². The third-order valence-corrected chi connectivity index (χ3v) is 3.65. The van der Waals surface area contributed by atoms with Crippen molar-refractivity contribution in [3.05, 3.63) is 56.6 Å². The molecular weight excluding hydrogens is 385 g/mol. The molecule has 0 radical (unpaired) electrons. The van der Waals surface area contributed by atoms with Gasteiger partial charge in [-0.15, -0.1) is 0 Å². The van der Waals surface area contributed by atoms with E-state index in [9.17, 15) is 0 Å². The van der Waals surface area contributed by atoms with E-state index in [2.05, 4.69) is 41.8 Å². The van der Waals surface area contributed by atoms with Crippen molar-refractivity contribution in [3.63, 3.8) is 0 Å². The molecule has 0 aromatic heterocycles. The second-order valence-corrected chi connectivity index (χ2v) is 6.53. The van der Waals surface area contributed by atoms with Gasteiger partial charge in [-0.1, -0.05) is 31.5 Å². The lowest BCUT2D eigenvalue weighted by atomic mass is 10.2. The van der Waals surface area contributed by atoms with Crippen LogP contribution in [0.5, 0.6) is 11.5 Å². The van der Waals surface area contributed by atoms with Crippen LogP contribution in [-0.4, -0.2) is 6.04 Å². The summed E-state index contributed by atoms with van der Waals surface area (Å²) in [6.07, 6.45) is 0. The van der Waals surface area contributed by atoms with E-state index in [1.54, 1.807) is 0 Å². The summed E-state index contributed by atoms with van der Waals surface area (Å²) in [6, 6.07) is 14.1. The van der Waals surface area contributed by atoms with Gasteiger partial charge in [-0.2, -0.15) is 0 Å². The first-order valence-electron chi connectivity index (χ1n) is 6.50. The van der Waals surface area contributed by atoms with Gasteiger partial charge in [0, 0.05) is 26.7 Å². The van der Waals surface area contributed by atoms with Crippen LogP contribution in [0.4, 0.5) is 0 Å². The summed E-state index contributed by atoms with van der Waals surface area (Å²) in [5, 5.41) is 4.11. The number of benzene rings is 2. The molecule has 4 heteroatoms. The Balaban J connectivity index is 2.21. The van der Waals surface area contributed by atoms with E-state index in [1.165, 1.54) is 0 Å². The van der Waals surface area contributed by atoms with Gasteiger partial charge in [-0.25, -0.2) is 0 Å². The second-order valence-electron chi connectivity index (χ2n) is 4.85. The molecule has 106 valence electrons. The zero-order valence-electron chi connectivity index (χ0n) is 11.5. The van der Waals surface area contributed by atoms with Gasteiger partial charge in [0.15, 0.2) is 0 Å². The quantitative estimate of drug-likeness (QED) is 0.692. The summed E-state index contributed by atoms with van der Waals surface area (Å²) in [7, 11) is 0. The molecule has 0 saturated carbocycles. The number of rotatable bonds is 5. The molecule has 2 nitrogen and oxygen atoms in total. The van der Waals surface area contributed by atoms with E-state index in [-0.39, 0.29) is 0 Å². The second kappa shape index (κ2) is 7.29. The first kappa shape index (κ1) is 15.6. The molecule has 0 atom stereocenters. The Labute approximate surface area is 138 Å². The third-order valence-electron chi connectivity index (χ3n) is 2.75. The lowest BCUT2D eigenvalue weighted by molar-refractivity contribution is 0.469. The summed E-state index contributed by atoms with van der Waals surface area (Å²) in [5.41, 5.74) is 1.06. The highest BCUT2D eigenvalue weighted by molar-refractivity contribution is 14.1.